The molecule has 3 N–H and O–H groups in total. The molecule has 0 aliphatic carbocycles. The third-order valence-corrected chi connectivity index (χ3v) is 26.0. The highest BCUT2D eigenvalue weighted by Crippen LogP contribution is 2.33. The summed E-state index contributed by atoms with van der Waals surface area (Å²) in [5.74, 6) is 0.973. The molecule has 3 fully saturated rings. The number of ether oxygens (including phenoxy) is 1. The molecule has 6 aromatic carbocycles. The maximum Gasteiger partial charge on any atom is 0.263 e. The summed E-state index contributed by atoms with van der Waals surface area (Å²) in [6.07, 6.45) is 10.2. The first-order chi connectivity index (χ1) is 51.4. The second-order valence-electron chi connectivity index (χ2n) is 25.8. The molecule has 4 atom stereocenters. The number of sulfonamides is 3. The predicted molar refractivity (Wildman–Crippen MR) is 432 cm³/mol. The Bertz CT molecular complexity index is 5500. The van der Waals surface area contributed by atoms with E-state index < -0.39 is 30.1 Å². The van der Waals surface area contributed by atoms with Gasteiger partial charge in [0, 0.05) is 180 Å². The molecular weight excluding hydrogens is 1520 g/mol. The third-order valence-electron chi connectivity index (χ3n) is 19.1. The number of halogens is 2. The van der Waals surface area contributed by atoms with Gasteiger partial charge >= 0.3 is 0 Å². The molecule has 107 heavy (non-hydrogen) atoms. The molecule has 566 valence electrons. The zero-order chi connectivity index (χ0) is 75.3. The van der Waals surface area contributed by atoms with Crippen LogP contribution in [0.15, 0.2) is 208 Å². The number of carbonyl (C=O) groups excluding carboxylic acids is 3. The number of methoxy groups -OCH3 is 1. The van der Waals surface area contributed by atoms with Crippen LogP contribution in [0.2, 0.25) is 10.0 Å². The van der Waals surface area contributed by atoms with Gasteiger partial charge < -0.3 is 47.8 Å². The largest absolute Gasteiger partial charge is 0.497 e. The topological polar surface area (TPSA) is 285 Å². The summed E-state index contributed by atoms with van der Waals surface area (Å²) in [5, 5.41) is 8.67. The first kappa shape index (κ1) is 75.4. The number of nitrogens with zero attached hydrogens (tertiary/aromatic N) is 13. The first-order valence-electron chi connectivity index (χ1n) is 34.1. The van der Waals surface area contributed by atoms with Crippen LogP contribution in [0.25, 0.3) is 32.7 Å². The van der Waals surface area contributed by atoms with E-state index >= 15 is 0 Å². The van der Waals surface area contributed by atoms with Crippen molar-refractivity contribution < 1.29 is 50.1 Å². The van der Waals surface area contributed by atoms with Gasteiger partial charge in [0.15, 0.2) is 10.3 Å². The van der Waals surface area contributed by atoms with Crippen molar-refractivity contribution in [1.82, 2.24) is 47.7 Å². The number of piperazine rings is 3. The van der Waals surface area contributed by atoms with E-state index in [1.54, 1.807) is 90.9 Å². The van der Waals surface area contributed by atoms with E-state index in [4.69, 9.17) is 27.9 Å². The number of thiazole rings is 2. The Balaban J connectivity index is 0.000000188. The molecule has 15 rings (SSSR count). The van der Waals surface area contributed by atoms with Crippen LogP contribution in [-0.2, 0) is 51.0 Å². The van der Waals surface area contributed by atoms with E-state index in [0.29, 0.717) is 85.8 Å². The first-order valence-corrected chi connectivity index (χ1v) is 41.9. The molecule has 3 saturated heterocycles. The SMILES string of the molecule is CC(C(=O)N1CCN(c2ccc(S(=O)(=O)Nc3nccs3)cc2)CC1)n1ccc2cccc(Cl)c21.COc1ccc2c(ccn2C(C)C(=O)N2CCN(c3ccc(S(=O)(=O)Nc4nccs4)cc3)CC2C)c1.C[C@@H]1CN(c2ccc(S(=O)(=O)Nc3ncns3)cc2)CCN1C(=O)Cn1ccc2ccc(Cl)cc21.[HH].[HH].[HH].[HH]. The minimum atomic E-state index is -3.73. The van der Waals surface area contributed by atoms with Gasteiger partial charge in [-0.1, -0.05) is 41.4 Å². The predicted octanol–water partition coefficient (Wildman–Crippen LogP) is 13.3. The van der Waals surface area contributed by atoms with Gasteiger partial charge in [-0.25, -0.2) is 40.2 Å². The Morgan fingerprint density at radius 3 is 1.61 bits per heavy atom. The van der Waals surface area contributed by atoms with Crippen molar-refractivity contribution in [1.29, 1.82) is 0 Å². The second-order valence-corrected chi connectivity index (χ2v) is 34.2. The van der Waals surface area contributed by atoms with Crippen LogP contribution in [0.4, 0.5) is 32.5 Å². The molecule has 12 aromatic rings. The van der Waals surface area contributed by atoms with Gasteiger partial charge in [0.25, 0.3) is 30.1 Å². The highest BCUT2D eigenvalue weighted by atomic mass is 35.5. The molecule has 0 radical (unpaired) electrons. The number of hydrogen-bond acceptors (Lipinski definition) is 20. The Morgan fingerprint density at radius 1 is 0.542 bits per heavy atom. The smallest absolute Gasteiger partial charge is 0.263 e. The highest BCUT2D eigenvalue weighted by Gasteiger charge is 2.34. The lowest BCUT2D eigenvalue weighted by Crippen LogP contribution is -2.55. The fourth-order valence-corrected chi connectivity index (χ4v) is 19.1. The lowest BCUT2D eigenvalue weighted by molar-refractivity contribution is -0.137. The quantitative estimate of drug-likeness (QED) is 0.0678. The number of fused-ring (bicyclic) bond motifs is 3. The minimum absolute atomic E-state index is 0. The fraction of sp³-hybridized carbons (Fsp3) is 0.274. The van der Waals surface area contributed by atoms with Gasteiger partial charge in [0.2, 0.25) is 22.9 Å². The molecule has 3 amide bonds. The van der Waals surface area contributed by atoms with Gasteiger partial charge in [-0.2, -0.15) is 4.37 Å². The van der Waals surface area contributed by atoms with E-state index in [-0.39, 0.29) is 74.0 Å². The second kappa shape index (κ2) is 32.3. The van der Waals surface area contributed by atoms with Crippen LogP contribution in [0, 0.1) is 0 Å². The number of aromatic nitrogens is 7. The molecule has 6 aromatic heterocycles. The summed E-state index contributed by atoms with van der Waals surface area (Å²) in [5.41, 5.74) is 5.55. The van der Waals surface area contributed by atoms with Crippen LogP contribution in [0.5, 0.6) is 5.75 Å². The van der Waals surface area contributed by atoms with Gasteiger partial charge in [0.1, 0.15) is 30.7 Å². The average molecular weight is 1610 g/mol. The lowest BCUT2D eigenvalue weighted by atomic mass is 10.1. The van der Waals surface area contributed by atoms with Crippen molar-refractivity contribution in [2.24, 2.45) is 0 Å². The van der Waals surface area contributed by atoms with Crippen molar-refractivity contribution in [3.63, 3.8) is 0 Å². The Hall–Kier alpha value is -9.80. The summed E-state index contributed by atoms with van der Waals surface area (Å²) < 4.78 is 97.8. The van der Waals surface area contributed by atoms with E-state index in [1.165, 1.54) is 29.0 Å². The minimum Gasteiger partial charge on any atom is -0.497 e. The van der Waals surface area contributed by atoms with Crippen LogP contribution in [0.3, 0.4) is 0 Å². The molecule has 34 heteroatoms. The number of benzene rings is 6. The fourth-order valence-electron chi connectivity index (χ4n) is 13.4. The molecule has 0 spiro atoms. The Kier molecular flexibility index (Phi) is 22.8. The van der Waals surface area contributed by atoms with Crippen LogP contribution in [0.1, 0.15) is 45.5 Å². The summed E-state index contributed by atoms with van der Waals surface area (Å²) >= 11 is 16.0. The number of carbonyl (C=O) groups is 3. The number of amides is 3. The summed E-state index contributed by atoms with van der Waals surface area (Å²) in [6.45, 7) is 14.5. The van der Waals surface area contributed by atoms with Crippen molar-refractivity contribution in [2.75, 3.05) is 101 Å². The van der Waals surface area contributed by atoms with E-state index in [2.05, 4.69) is 48.2 Å². The monoisotopic (exact) mass is 1610 g/mol. The molecule has 0 bridgehead atoms. The summed E-state index contributed by atoms with van der Waals surface area (Å²) in [7, 11) is -9.47. The molecule has 9 heterocycles. The Labute approximate surface area is 647 Å². The molecule has 26 nitrogen and oxygen atoms in total. The van der Waals surface area contributed by atoms with E-state index in [9.17, 15) is 39.6 Å². The summed E-state index contributed by atoms with van der Waals surface area (Å²) in [6, 6.07) is 42.8. The number of rotatable bonds is 19. The summed E-state index contributed by atoms with van der Waals surface area (Å²) in [4.78, 5) is 64.4. The van der Waals surface area contributed by atoms with Gasteiger partial charge in [-0.3, -0.25) is 28.5 Å². The molecule has 3 aliphatic rings. The zero-order valence-corrected chi connectivity index (χ0v) is 65.1. The van der Waals surface area contributed by atoms with E-state index in [1.807, 2.05) is 160 Å². The van der Waals surface area contributed by atoms with Crippen molar-refractivity contribution in [3.05, 3.63) is 204 Å². The van der Waals surface area contributed by atoms with Crippen molar-refractivity contribution in [3.8, 4) is 5.75 Å². The number of anilines is 6. The molecule has 3 unspecified atom stereocenters. The highest BCUT2D eigenvalue weighted by molar-refractivity contribution is 7.93. The zero-order valence-electron chi connectivity index (χ0n) is 58.7. The van der Waals surface area contributed by atoms with Crippen molar-refractivity contribution in [2.45, 2.75) is 73.1 Å². The number of nitrogens with one attached hydrogen (secondary N) is 3. The number of hydrogen-bond donors (Lipinski definition) is 3. The van der Waals surface area contributed by atoms with Gasteiger partial charge in [-0.15, -0.1) is 22.7 Å². The normalized spacial score (nSPS) is 16.4. The van der Waals surface area contributed by atoms with Gasteiger partial charge in [-0.05, 0) is 160 Å². The third kappa shape index (κ3) is 17.1. The van der Waals surface area contributed by atoms with Crippen molar-refractivity contribution >= 4 is 170 Å². The van der Waals surface area contributed by atoms with E-state index in [0.717, 1.165) is 67.1 Å². The lowest BCUT2D eigenvalue weighted by Gasteiger charge is -2.42. The number of para-hydroxylation sites is 1. The van der Waals surface area contributed by atoms with Crippen LogP contribution in [-0.4, -0.2) is 175 Å². The standard InChI is InChI=1S/C26H29N5O4S2.C24H24ClN5O3S2.C23H23ClN6O3S2.4H2/c1-18-17-29(21-4-7-23(8-5-21)37(33,34)28-26-27-11-15-36-26)13-14-30(18)25(32)19(2)31-12-10-20-16-22(35-3)6-9-24(20)31;1-17(30-11-9-18-3-2-4-21(25)22(18)30)23(31)29-14-12-28(13-15-29)19-5-7-20(8-6-19)35(32,33)27-24-26-10-16-34-24;1-16-13-28(19-4-6-20(7-5-19)35(32,33)27-23-25-15-26-34-23)10-11-30(16)22(31)14-29-9-8-17-2-3-18(24)12-21(17)29;;;;/h4-12,15-16,18-19H,13-14,17H2,1-3H3,(H,27,28);2-11,16-17H,12-15H2,1H3,(H,26,27);2-9,12,15-16H,10-11,13-14H2,1H3,(H,25,26,27);4*1H/t;;16-;;;;/m..1..../s1. The molecule has 0 saturated carbocycles. The molecular formula is C73H84Cl2N16O10S6. The van der Waals surface area contributed by atoms with Crippen LogP contribution >= 0.6 is 57.4 Å². The maximum atomic E-state index is 13.5. The Morgan fingerprint density at radius 2 is 1.07 bits per heavy atom. The van der Waals surface area contributed by atoms with Gasteiger partial charge in [0.05, 0.1) is 32.3 Å². The maximum absolute atomic E-state index is 13.5. The van der Waals surface area contributed by atoms with Crippen LogP contribution < -0.4 is 33.6 Å². The molecule has 3 aliphatic heterocycles. The average Bonchev–Trinajstić information content (AvgIpc) is 1.69.